The number of carbonyl (C=O) groups excluding carboxylic acids is 1. The van der Waals surface area contributed by atoms with Gasteiger partial charge in [0.1, 0.15) is 5.60 Å². The molecule has 6 heteroatoms. The average molecular weight is 358 g/mol. The molecule has 0 aromatic rings. The van der Waals surface area contributed by atoms with Crippen LogP contribution in [0.1, 0.15) is 54.4 Å². The van der Waals surface area contributed by atoms with Gasteiger partial charge in [-0.15, -0.1) is 0 Å². The van der Waals surface area contributed by atoms with Crippen molar-refractivity contribution in [3.63, 3.8) is 0 Å². The zero-order chi connectivity index (χ0) is 18.6. The van der Waals surface area contributed by atoms with Crippen LogP contribution in [0, 0.1) is 5.41 Å². The highest BCUT2D eigenvalue weighted by molar-refractivity contribution is 6.74. The van der Waals surface area contributed by atoms with Crippen LogP contribution in [0.25, 0.3) is 0 Å². The minimum Gasteiger partial charge on any atom is -0.444 e. The van der Waals surface area contributed by atoms with Crippen LogP contribution in [-0.4, -0.2) is 55.3 Å². The summed E-state index contributed by atoms with van der Waals surface area (Å²) in [6.45, 7) is 18.1. The molecule has 2 aliphatic heterocycles. The first-order valence-corrected chi connectivity index (χ1v) is 11.8. The third kappa shape index (κ3) is 3.51. The minimum absolute atomic E-state index is 0.00587. The van der Waals surface area contributed by atoms with Crippen molar-refractivity contribution in [1.29, 1.82) is 0 Å². The maximum absolute atomic E-state index is 12.5. The molecule has 2 bridgehead atoms. The van der Waals surface area contributed by atoms with E-state index in [4.69, 9.17) is 9.16 Å². The second kappa shape index (κ2) is 5.71. The van der Waals surface area contributed by atoms with Gasteiger partial charge in [-0.3, -0.25) is 4.90 Å². The van der Waals surface area contributed by atoms with Gasteiger partial charge in [0.05, 0.1) is 12.1 Å². The molecule has 3 rings (SSSR count). The Balaban J connectivity index is 2.05. The van der Waals surface area contributed by atoms with Gasteiger partial charge < -0.3 is 14.3 Å². The summed E-state index contributed by atoms with van der Waals surface area (Å²) in [7, 11) is -1.81. The quantitative estimate of drug-likeness (QED) is 0.778. The Hall–Kier alpha value is -0.593. The third-order valence-corrected chi connectivity index (χ3v) is 10.4. The molecule has 1 saturated carbocycles. The molecule has 3 aliphatic rings. The molecule has 0 spiro atoms. The molecular weight excluding hydrogens is 322 g/mol. The van der Waals surface area contributed by atoms with E-state index in [-0.39, 0.29) is 23.2 Å². The van der Waals surface area contributed by atoms with Crippen molar-refractivity contribution in [2.75, 3.05) is 19.8 Å². The Labute approximate surface area is 147 Å². The molecule has 0 aromatic carbocycles. The van der Waals surface area contributed by atoms with E-state index in [1.807, 2.05) is 20.8 Å². The number of amides is 1. The number of rotatable bonds is 4. The lowest BCUT2D eigenvalue weighted by Crippen LogP contribution is -2.56. The van der Waals surface area contributed by atoms with Gasteiger partial charge in [-0.1, -0.05) is 20.8 Å². The predicted octanol–water partition coefficient (Wildman–Crippen LogP) is 3.77. The van der Waals surface area contributed by atoms with Crippen molar-refractivity contribution in [2.24, 2.45) is 5.41 Å². The van der Waals surface area contributed by atoms with Crippen molar-refractivity contribution < 1.29 is 19.1 Å². The molecule has 5 nitrogen and oxygen atoms in total. The van der Waals surface area contributed by atoms with Crippen LogP contribution in [0.2, 0.25) is 18.1 Å². The average Bonchev–Trinajstić information content (AvgIpc) is 2.83. The molecule has 1 aliphatic carbocycles. The fraction of sp³-hybridized carbons (Fsp3) is 0.944. The van der Waals surface area contributed by atoms with Crippen LogP contribution in [0.3, 0.4) is 0 Å². The summed E-state index contributed by atoms with van der Waals surface area (Å²) >= 11 is 0. The Bertz CT molecular complexity index is 498. The van der Waals surface area contributed by atoms with Crippen LogP contribution in [0.15, 0.2) is 0 Å². The highest BCUT2D eigenvalue weighted by atomic mass is 28.4. The van der Waals surface area contributed by atoms with E-state index in [2.05, 4.69) is 33.9 Å². The van der Waals surface area contributed by atoms with Gasteiger partial charge in [-0.05, 0) is 51.7 Å². The summed E-state index contributed by atoms with van der Waals surface area (Å²) in [5, 5.41) is 10.0. The monoisotopic (exact) mass is 357 g/mol. The lowest BCUT2D eigenvalue weighted by atomic mass is 9.63. The number of nitrogens with zero attached hydrogens (tertiary/aromatic N) is 1. The lowest BCUT2D eigenvalue weighted by molar-refractivity contribution is -0.0286. The van der Waals surface area contributed by atoms with Crippen LogP contribution in [0.4, 0.5) is 4.79 Å². The largest absolute Gasteiger partial charge is 0.444 e. The molecule has 24 heavy (non-hydrogen) atoms. The Morgan fingerprint density at radius 2 is 1.71 bits per heavy atom. The van der Waals surface area contributed by atoms with Gasteiger partial charge in [0.15, 0.2) is 8.32 Å². The lowest BCUT2D eigenvalue weighted by Gasteiger charge is -2.48. The maximum Gasteiger partial charge on any atom is 0.410 e. The molecule has 0 aromatic heterocycles. The highest BCUT2D eigenvalue weighted by Crippen LogP contribution is 2.60. The van der Waals surface area contributed by atoms with Crippen molar-refractivity contribution in [2.45, 2.75) is 83.7 Å². The van der Waals surface area contributed by atoms with Crippen LogP contribution in [0.5, 0.6) is 0 Å². The molecule has 0 radical (unpaired) electrons. The molecule has 3 fully saturated rings. The van der Waals surface area contributed by atoms with E-state index < -0.39 is 19.5 Å². The summed E-state index contributed by atoms with van der Waals surface area (Å²) in [4.78, 5) is 14.3. The summed E-state index contributed by atoms with van der Waals surface area (Å²) in [5.74, 6) is 0. The van der Waals surface area contributed by atoms with E-state index in [1.165, 1.54) is 0 Å². The van der Waals surface area contributed by atoms with E-state index >= 15 is 0 Å². The first-order valence-electron chi connectivity index (χ1n) is 8.91. The highest BCUT2D eigenvalue weighted by Gasteiger charge is 2.67. The molecule has 2 saturated heterocycles. The van der Waals surface area contributed by atoms with E-state index in [1.54, 1.807) is 4.90 Å². The molecule has 0 atom stereocenters. The SMILES string of the molecule is CC(C)(C)OC(=O)N1CC2(CO[Si](C)(C)C(C)(C)C)CC1(CO)C2. The minimum atomic E-state index is -1.81. The molecule has 0 unspecified atom stereocenters. The number of fused-ring (bicyclic) bond motifs is 1. The van der Waals surface area contributed by atoms with Gasteiger partial charge in [0, 0.05) is 18.6 Å². The Morgan fingerprint density at radius 1 is 1.17 bits per heavy atom. The summed E-state index contributed by atoms with van der Waals surface area (Å²) in [6.07, 6.45) is 1.30. The van der Waals surface area contributed by atoms with Gasteiger partial charge in [0.25, 0.3) is 0 Å². The van der Waals surface area contributed by atoms with E-state index in [0.717, 1.165) is 12.8 Å². The van der Waals surface area contributed by atoms with Gasteiger partial charge in [-0.2, -0.15) is 0 Å². The van der Waals surface area contributed by atoms with E-state index in [9.17, 15) is 9.90 Å². The van der Waals surface area contributed by atoms with Crippen molar-refractivity contribution >= 4 is 14.4 Å². The third-order valence-electron chi connectivity index (χ3n) is 5.93. The smallest absolute Gasteiger partial charge is 0.410 e. The second-order valence-electron chi connectivity index (χ2n) is 10.4. The maximum atomic E-state index is 12.5. The predicted molar refractivity (Wildman–Crippen MR) is 97.6 cm³/mol. The fourth-order valence-electron chi connectivity index (χ4n) is 3.62. The first-order chi connectivity index (χ1) is 10.7. The first kappa shape index (κ1) is 19.7. The number of aliphatic hydroxyl groups is 1. The van der Waals surface area contributed by atoms with Gasteiger partial charge in [-0.25, -0.2) is 4.79 Å². The fourth-order valence-corrected chi connectivity index (χ4v) is 4.72. The van der Waals surface area contributed by atoms with Crippen LogP contribution >= 0.6 is 0 Å². The molecule has 1 amide bonds. The van der Waals surface area contributed by atoms with Gasteiger partial charge in [0.2, 0.25) is 0 Å². The van der Waals surface area contributed by atoms with Crippen molar-refractivity contribution in [1.82, 2.24) is 4.90 Å². The molecular formula is C18H35NO4Si. The van der Waals surface area contributed by atoms with Crippen LogP contribution < -0.4 is 0 Å². The Morgan fingerprint density at radius 3 is 2.12 bits per heavy atom. The van der Waals surface area contributed by atoms with E-state index in [0.29, 0.717) is 13.2 Å². The number of hydrogen-bond donors (Lipinski definition) is 1. The molecule has 140 valence electrons. The zero-order valence-corrected chi connectivity index (χ0v) is 17.7. The van der Waals surface area contributed by atoms with Gasteiger partial charge >= 0.3 is 6.09 Å². The number of hydrogen-bond acceptors (Lipinski definition) is 4. The molecule has 2 heterocycles. The summed E-state index contributed by atoms with van der Waals surface area (Å²) in [6, 6.07) is 0. The number of carbonyl (C=O) groups is 1. The standard InChI is InChI=1S/C18H35NO4Si/c1-15(2,3)23-14(21)19-11-17(9-18(19,10-17)12-20)13-22-24(7,8)16(4,5)6/h20H,9-13H2,1-8H3. The molecule has 1 N–H and O–H groups in total. The topological polar surface area (TPSA) is 59.0 Å². The number of aliphatic hydroxyl groups excluding tert-OH is 1. The second-order valence-corrected chi connectivity index (χ2v) is 15.2. The van der Waals surface area contributed by atoms with Crippen molar-refractivity contribution in [3.05, 3.63) is 0 Å². The van der Waals surface area contributed by atoms with Crippen LogP contribution in [-0.2, 0) is 9.16 Å². The summed E-state index contributed by atoms with van der Waals surface area (Å²) in [5.41, 5.74) is -0.986. The summed E-state index contributed by atoms with van der Waals surface area (Å²) < 4.78 is 11.9. The zero-order valence-electron chi connectivity index (χ0n) is 16.7. The Kier molecular flexibility index (Phi) is 4.69. The van der Waals surface area contributed by atoms with Crippen molar-refractivity contribution in [3.8, 4) is 0 Å². The normalized spacial score (nSPS) is 30.3. The number of ether oxygens (including phenoxy) is 1.